The average molecular weight is 480 g/mol. The lowest BCUT2D eigenvalue weighted by Gasteiger charge is -2.39. The molecule has 2 aromatic heterocycles. The Morgan fingerprint density at radius 1 is 1.29 bits per heavy atom. The van der Waals surface area contributed by atoms with Gasteiger partial charge < -0.3 is 9.15 Å². The minimum Gasteiger partial charge on any atom is -0.457 e. The second-order valence-electron chi connectivity index (χ2n) is 8.73. The molecule has 1 aromatic carbocycles. The van der Waals surface area contributed by atoms with E-state index >= 15 is 0 Å². The highest BCUT2D eigenvalue weighted by Gasteiger charge is 2.35. The van der Waals surface area contributed by atoms with Gasteiger partial charge in [-0.1, -0.05) is 6.07 Å². The molecule has 11 heteroatoms. The Hall–Kier alpha value is -3.75. The summed E-state index contributed by atoms with van der Waals surface area (Å²) in [4.78, 5) is 17.9. The molecule has 0 spiro atoms. The van der Waals surface area contributed by atoms with E-state index in [2.05, 4.69) is 26.6 Å². The van der Waals surface area contributed by atoms with Gasteiger partial charge in [0, 0.05) is 30.9 Å². The van der Waals surface area contributed by atoms with Gasteiger partial charge in [0.1, 0.15) is 18.4 Å². The number of alkyl halides is 2. The van der Waals surface area contributed by atoms with Crippen molar-refractivity contribution in [3.8, 4) is 17.7 Å². The second kappa shape index (κ2) is 9.13. The van der Waals surface area contributed by atoms with E-state index in [1.807, 2.05) is 11.8 Å². The molecule has 2 atom stereocenters. The number of benzene rings is 1. The van der Waals surface area contributed by atoms with Crippen LogP contribution in [0, 0.1) is 25.2 Å². The van der Waals surface area contributed by atoms with Gasteiger partial charge >= 0.3 is 5.97 Å². The Kier molecular flexibility index (Phi) is 6.00. The number of aromatic nitrogens is 3. The Labute approximate surface area is 199 Å². The first-order chi connectivity index (χ1) is 16.8. The zero-order valence-corrected chi connectivity index (χ0v) is 19.1. The molecule has 1 N–H and O–H groups in total. The number of ether oxygens (including phenoxy) is 1. The number of nitrogens with one attached hydrogen (secondary N) is 1. The van der Waals surface area contributed by atoms with Crippen LogP contribution in [0.2, 0.25) is 0 Å². The van der Waals surface area contributed by atoms with Gasteiger partial charge in [0.05, 0.1) is 23.7 Å². The van der Waals surface area contributed by atoms with Crippen molar-refractivity contribution in [2.24, 2.45) is 0 Å². The predicted molar refractivity (Wildman–Crippen MR) is 118 cm³/mol. The van der Waals surface area contributed by atoms with E-state index in [4.69, 9.17) is 14.4 Å². The maximum Gasteiger partial charge on any atom is 0.338 e. The average Bonchev–Trinajstić information content (AvgIpc) is 3.46. The van der Waals surface area contributed by atoms with Gasteiger partial charge in [0.25, 0.3) is 12.3 Å². The third kappa shape index (κ3) is 4.38. The largest absolute Gasteiger partial charge is 0.457 e. The lowest BCUT2D eigenvalue weighted by molar-refractivity contribution is 0.0352. The molecule has 4 heterocycles. The maximum atomic E-state index is 13.8. The molecule has 9 nitrogen and oxygen atoms in total. The summed E-state index contributed by atoms with van der Waals surface area (Å²) >= 11 is 0. The van der Waals surface area contributed by atoms with E-state index in [1.165, 1.54) is 6.20 Å². The molecule has 0 bridgehead atoms. The quantitative estimate of drug-likeness (QED) is 0.550. The van der Waals surface area contributed by atoms with Gasteiger partial charge in [0.15, 0.2) is 0 Å². The van der Waals surface area contributed by atoms with Gasteiger partial charge in [-0.2, -0.15) is 5.26 Å². The summed E-state index contributed by atoms with van der Waals surface area (Å²) in [6.07, 6.45) is -1.12. The molecule has 2 aliphatic heterocycles. The maximum absolute atomic E-state index is 13.8. The number of carbonyl (C=O) groups is 1. The summed E-state index contributed by atoms with van der Waals surface area (Å²) in [5, 5.41) is 20.3. The SMILES string of the molecule is Cc1cc(-c2nnc(CN3CC(c4ccc5c(c4C)COC5=O)NC(C(F)F)C3)o2)ncc1C#N. The van der Waals surface area contributed by atoms with Crippen molar-refractivity contribution >= 4 is 5.97 Å². The molecule has 3 aromatic rings. The predicted octanol–water partition coefficient (Wildman–Crippen LogP) is 3.07. The number of nitrogens with zero attached hydrogens (tertiary/aromatic N) is 5. The third-order valence-corrected chi connectivity index (χ3v) is 6.47. The summed E-state index contributed by atoms with van der Waals surface area (Å²) in [6.45, 7) is 4.58. The van der Waals surface area contributed by atoms with Crippen LogP contribution in [-0.2, 0) is 17.9 Å². The standard InChI is InChI=1S/C24H22F2N6O3/c1-12-5-18(28-7-14(12)6-27)23-31-30-21(35-23)10-32-8-19(29-20(9-32)22(25)26)15-3-4-16-17(13(15)2)11-34-24(16)33/h3-5,7,19-20,22,29H,8-11H2,1-2H3. The van der Waals surface area contributed by atoms with Crippen LogP contribution in [0.4, 0.5) is 8.78 Å². The van der Waals surface area contributed by atoms with Crippen LogP contribution in [0.1, 0.15) is 50.1 Å². The second-order valence-corrected chi connectivity index (χ2v) is 8.73. The van der Waals surface area contributed by atoms with Crippen LogP contribution >= 0.6 is 0 Å². The number of fused-ring (bicyclic) bond motifs is 1. The van der Waals surface area contributed by atoms with E-state index in [-0.39, 0.29) is 43.5 Å². The molecule has 0 radical (unpaired) electrons. The van der Waals surface area contributed by atoms with Crippen LogP contribution in [0.15, 0.2) is 28.8 Å². The summed E-state index contributed by atoms with van der Waals surface area (Å²) in [5.41, 5.74) is 4.66. The molecule has 1 saturated heterocycles. The minimum atomic E-state index is -2.57. The van der Waals surface area contributed by atoms with Crippen LogP contribution in [0.5, 0.6) is 0 Å². The summed E-state index contributed by atoms with van der Waals surface area (Å²) in [7, 11) is 0. The topological polar surface area (TPSA) is 117 Å². The van der Waals surface area contributed by atoms with Crippen molar-refractivity contribution in [1.29, 1.82) is 5.26 Å². The Morgan fingerprint density at radius 2 is 2.11 bits per heavy atom. The van der Waals surface area contributed by atoms with Crippen LogP contribution in [0.25, 0.3) is 11.6 Å². The molecule has 1 fully saturated rings. The summed E-state index contributed by atoms with van der Waals surface area (Å²) in [6, 6.07) is 5.81. The van der Waals surface area contributed by atoms with Gasteiger partial charge in [-0.3, -0.25) is 10.2 Å². The number of hydrogen-bond acceptors (Lipinski definition) is 9. The Balaban J connectivity index is 1.37. The molecule has 2 aliphatic rings. The van der Waals surface area contributed by atoms with Crippen molar-refractivity contribution in [2.45, 2.75) is 45.5 Å². The van der Waals surface area contributed by atoms with Crippen LogP contribution < -0.4 is 5.32 Å². The van der Waals surface area contributed by atoms with Gasteiger partial charge in [0.2, 0.25) is 5.89 Å². The monoisotopic (exact) mass is 480 g/mol. The molecule has 0 aliphatic carbocycles. The number of esters is 1. The molecule has 5 rings (SSSR count). The fourth-order valence-corrected chi connectivity index (χ4v) is 4.59. The summed E-state index contributed by atoms with van der Waals surface area (Å²) < 4.78 is 38.5. The fourth-order valence-electron chi connectivity index (χ4n) is 4.59. The zero-order valence-electron chi connectivity index (χ0n) is 19.1. The van der Waals surface area contributed by atoms with E-state index in [9.17, 15) is 13.6 Å². The Bertz CT molecular complexity index is 1340. The molecule has 2 unspecified atom stereocenters. The first-order valence-corrected chi connectivity index (χ1v) is 11.1. The van der Waals surface area contributed by atoms with Crippen LogP contribution in [-0.4, -0.2) is 51.6 Å². The lowest BCUT2D eigenvalue weighted by Crippen LogP contribution is -2.55. The number of rotatable bonds is 5. The third-order valence-electron chi connectivity index (χ3n) is 6.47. The smallest absolute Gasteiger partial charge is 0.338 e. The van der Waals surface area contributed by atoms with Crippen molar-refractivity contribution in [3.05, 3.63) is 63.7 Å². The number of carbonyl (C=O) groups excluding carboxylic acids is 1. The fraction of sp³-hybridized carbons (Fsp3) is 0.375. The highest BCUT2D eigenvalue weighted by atomic mass is 19.3. The van der Waals surface area contributed by atoms with Crippen molar-refractivity contribution in [2.75, 3.05) is 13.1 Å². The number of halogens is 2. The molecular formula is C24H22F2N6O3. The number of cyclic esters (lactones) is 1. The molecular weight excluding hydrogens is 458 g/mol. The van der Waals surface area contributed by atoms with Crippen molar-refractivity contribution in [1.82, 2.24) is 25.4 Å². The van der Waals surface area contributed by atoms with Crippen LogP contribution in [0.3, 0.4) is 0 Å². The van der Waals surface area contributed by atoms with Gasteiger partial charge in [-0.25, -0.2) is 18.6 Å². The lowest BCUT2D eigenvalue weighted by atomic mass is 9.92. The van der Waals surface area contributed by atoms with Gasteiger partial charge in [-0.15, -0.1) is 10.2 Å². The van der Waals surface area contributed by atoms with E-state index < -0.39 is 12.5 Å². The Morgan fingerprint density at radius 3 is 2.86 bits per heavy atom. The number of nitriles is 1. The van der Waals surface area contributed by atoms with Crippen molar-refractivity contribution in [3.63, 3.8) is 0 Å². The summed E-state index contributed by atoms with van der Waals surface area (Å²) in [5.74, 6) is 0.114. The van der Waals surface area contributed by atoms with E-state index in [0.29, 0.717) is 23.4 Å². The number of hydrogen-bond donors (Lipinski definition) is 1. The zero-order chi connectivity index (χ0) is 24.7. The first kappa shape index (κ1) is 23.0. The first-order valence-electron chi connectivity index (χ1n) is 11.1. The highest BCUT2D eigenvalue weighted by molar-refractivity contribution is 5.94. The van der Waals surface area contributed by atoms with Crippen molar-refractivity contribution < 1.29 is 22.7 Å². The molecule has 0 saturated carbocycles. The molecule has 180 valence electrons. The molecule has 35 heavy (non-hydrogen) atoms. The van der Waals surface area contributed by atoms with E-state index in [0.717, 1.165) is 22.3 Å². The molecule has 0 amide bonds. The normalized spacial score (nSPS) is 20.1. The highest BCUT2D eigenvalue weighted by Crippen LogP contribution is 2.32. The van der Waals surface area contributed by atoms with E-state index in [1.54, 1.807) is 25.1 Å². The number of aryl methyl sites for hydroxylation is 1. The minimum absolute atomic E-state index is 0.103. The number of pyridine rings is 1. The number of piperazine rings is 1. The van der Waals surface area contributed by atoms with Gasteiger partial charge in [-0.05, 0) is 42.7 Å².